The zero-order valence-electron chi connectivity index (χ0n) is 10.3. The molecule has 0 spiro atoms. The summed E-state index contributed by atoms with van der Waals surface area (Å²) in [5, 5.41) is 0. The summed E-state index contributed by atoms with van der Waals surface area (Å²) in [5.74, 6) is -4.69. The summed E-state index contributed by atoms with van der Waals surface area (Å²) in [4.78, 5) is 0. The molecule has 0 atom stereocenters. The minimum absolute atomic E-state index is 0.0765. The second-order valence-electron chi connectivity index (χ2n) is 4.15. The van der Waals surface area contributed by atoms with E-state index in [2.05, 4.69) is 0 Å². The van der Waals surface area contributed by atoms with Gasteiger partial charge in [0, 0.05) is 5.56 Å². The predicted octanol–water partition coefficient (Wildman–Crippen LogP) is 3.14. The first-order valence-corrected chi connectivity index (χ1v) is 7.39. The van der Waals surface area contributed by atoms with Gasteiger partial charge in [-0.15, -0.1) is 0 Å². The molecule has 0 bridgehead atoms. The Labute approximate surface area is 114 Å². The molecule has 0 radical (unpaired) electrons. The van der Waals surface area contributed by atoms with Crippen molar-refractivity contribution in [2.45, 2.75) is 0 Å². The van der Waals surface area contributed by atoms with Crippen molar-refractivity contribution in [2.75, 3.05) is 11.0 Å². The van der Waals surface area contributed by atoms with Gasteiger partial charge in [0.2, 0.25) is 10.0 Å². The van der Waals surface area contributed by atoms with Crippen LogP contribution >= 0.6 is 0 Å². The fourth-order valence-electron chi connectivity index (χ4n) is 1.73. The summed E-state index contributed by atoms with van der Waals surface area (Å²) in [7, 11) is -3.84. The van der Waals surface area contributed by atoms with Gasteiger partial charge in [-0.25, -0.2) is 21.6 Å². The lowest BCUT2D eigenvalue weighted by molar-refractivity contribution is 0.450. The monoisotopic (exact) mass is 301 g/mol. The van der Waals surface area contributed by atoms with Gasteiger partial charge < -0.3 is 0 Å². The van der Waals surface area contributed by atoms with E-state index in [4.69, 9.17) is 0 Å². The van der Waals surface area contributed by atoms with Crippen LogP contribution in [0.2, 0.25) is 0 Å². The molecule has 0 aliphatic rings. The Kier molecular flexibility index (Phi) is 3.71. The third kappa shape index (κ3) is 2.93. The van der Waals surface area contributed by atoms with E-state index in [0.717, 1.165) is 12.3 Å². The van der Waals surface area contributed by atoms with Crippen LogP contribution in [0.15, 0.2) is 36.4 Å². The molecule has 3 nitrogen and oxygen atoms in total. The van der Waals surface area contributed by atoms with E-state index in [1.807, 2.05) is 4.72 Å². The number of nitrogens with one attached hydrogen (secondary N) is 1. The van der Waals surface area contributed by atoms with E-state index in [9.17, 15) is 21.6 Å². The summed E-state index contributed by atoms with van der Waals surface area (Å²) in [5.41, 5.74) is -0.332. The lowest BCUT2D eigenvalue weighted by Crippen LogP contribution is -2.13. The lowest BCUT2D eigenvalue weighted by atomic mass is 10.0. The van der Waals surface area contributed by atoms with E-state index in [-0.39, 0.29) is 5.56 Å². The third-order valence-electron chi connectivity index (χ3n) is 2.53. The molecule has 0 heterocycles. The maximum absolute atomic E-state index is 13.8. The second kappa shape index (κ2) is 5.16. The Morgan fingerprint density at radius 2 is 1.60 bits per heavy atom. The van der Waals surface area contributed by atoms with Gasteiger partial charge in [-0.3, -0.25) is 4.72 Å². The van der Waals surface area contributed by atoms with Crippen LogP contribution in [-0.4, -0.2) is 14.7 Å². The highest BCUT2D eigenvalue weighted by Crippen LogP contribution is 2.33. The van der Waals surface area contributed by atoms with Gasteiger partial charge >= 0.3 is 0 Å². The Bertz CT molecular complexity index is 746. The topological polar surface area (TPSA) is 46.2 Å². The van der Waals surface area contributed by atoms with Crippen LogP contribution in [0, 0.1) is 17.5 Å². The van der Waals surface area contributed by atoms with Crippen molar-refractivity contribution in [3.63, 3.8) is 0 Å². The molecule has 1 N–H and O–H groups in total. The van der Waals surface area contributed by atoms with Crippen molar-refractivity contribution in [3.05, 3.63) is 53.8 Å². The highest BCUT2D eigenvalue weighted by Gasteiger charge is 2.21. The maximum Gasteiger partial charge on any atom is 0.229 e. The average molecular weight is 301 g/mol. The largest absolute Gasteiger partial charge is 0.280 e. The Hall–Kier alpha value is -2.02. The van der Waals surface area contributed by atoms with Crippen LogP contribution < -0.4 is 4.72 Å². The molecule has 2 aromatic rings. The quantitative estimate of drug-likeness (QED) is 0.885. The number of anilines is 1. The molecule has 0 aliphatic carbocycles. The average Bonchev–Trinajstić information content (AvgIpc) is 2.39. The second-order valence-corrected chi connectivity index (χ2v) is 5.90. The maximum atomic E-state index is 13.8. The van der Waals surface area contributed by atoms with Gasteiger partial charge in [-0.05, 0) is 11.6 Å². The van der Waals surface area contributed by atoms with Gasteiger partial charge in [0.25, 0.3) is 0 Å². The van der Waals surface area contributed by atoms with Crippen molar-refractivity contribution in [1.82, 2.24) is 0 Å². The van der Waals surface area contributed by atoms with Crippen molar-refractivity contribution in [3.8, 4) is 11.1 Å². The number of hydrogen-bond acceptors (Lipinski definition) is 2. The van der Waals surface area contributed by atoms with Crippen molar-refractivity contribution >= 4 is 15.7 Å². The molecule has 0 aliphatic heterocycles. The number of sulfonamides is 1. The molecule has 0 fully saturated rings. The number of hydrogen-bond donors (Lipinski definition) is 1. The van der Waals surface area contributed by atoms with Crippen LogP contribution in [0.3, 0.4) is 0 Å². The third-order valence-corrected chi connectivity index (χ3v) is 3.11. The highest BCUT2D eigenvalue weighted by molar-refractivity contribution is 7.92. The van der Waals surface area contributed by atoms with Crippen LogP contribution in [-0.2, 0) is 10.0 Å². The molecule has 0 saturated carbocycles. The van der Waals surface area contributed by atoms with Gasteiger partial charge in [-0.2, -0.15) is 0 Å². The molecule has 106 valence electrons. The summed E-state index contributed by atoms with van der Waals surface area (Å²) < 4.78 is 64.8. The number of rotatable bonds is 3. The summed E-state index contributed by atoms with van der Waals surface area (Å²) >= 11 is 0. The first-order chi connectivity index (χ1) is 9.29. The molecule has 0 unspecified atom stereocenters. The van der Waals surface area contributed by atoms with Crippen molar-refractivity contribution < 1.29 is 21.6 Å². The van der Waals surface area contributed by atoms with Crippen LogP contribution in [0.25, 0.3) is 11.1 Å². The molecular formula is C13H10F3NO2S. The number of halogens is 3. The first kappa shape index (κ1) is 14.4. The van der Waals surface area contributed by atoms with Gasteiger partial charge in [0.15, 0.2) is 17.5 Å². The van der Waals surface area contributed by atoms with Gasteiger partial charge in [0.1, 0.15) is 0 Å². The predicted molar refractivity (Wildman–Crippen MR) is 70.2 cm³/mol. The molecular weight excluding hydrogens is 291 g/mol. The van der Waals surface area contributed by atoms with Gasteiger partial charge in [0.05, 0.1) is 11.9 Å². The van der Waals surface area contributed by atoms with E-state index < -0.39 is 33.2 Å². The van der Waals surface area contributed by atoms with E-state index >= 15 is 0 Å². The molecule has 2 aromatic carbocycles. The van der Waals surface area contributed by atoms with E-state index in [0.29, 0.717) is 5.56 Å². The summed E-state index contributed by atoms with van der Waals surface area (Å²) in [6, 6.07) is 8.71. The zero-order chi connectivity index (χ0) is 14.9. The van der Waals surface area contributed by atoms with Crippen LogP contribution in [0.1, 0.15) is 0 Å². The van der Waals surface area contributed by atoms with Crippen molar-refractivity contribution in [2.24, 2.45) is 0 Å². The SMILES string of the molecule is CS(=O)(=O)Nc1c(-c2ccccc2)cc(F)c(F)c1F. The zero-order valence-corrected chi connectivity index (χ0v) is 11.1. The van der Waals surface area contributed by atoms with Crippen molar-refractivity contribution in [1.29, 1.82) is 0 Å². The van der Waals surface area contributed by atoms with E-state index in [1.54, 1.807) is 18.2 Å². The van der Waals surface area contributed by atoms with Crippen LogP contribution in [0.5, 0.6) is 0 Å². The van der Waals surface area contributed by atoms with Gasteiger partial charge in [-0.1, -0.05) is 30.3 Å². The molecule has 7 heteroatoms. The molecule has 20 heavy (non-hydrogen) atoms. The fourth-order valence-corrected chi connectivity index (χ4v) is 2.30. The number of benzene rings is 2. The van der Waals surface area contributed by atoms with E-state index in [1.165, 1.54) is 12.1 Å². The summed E-state index contributed by atoms with van der Waals surface area (Å²) in [6.07, 6.45) is 0.794. The molecule has 2 rings (SSSR count). The van der Waals surface area contributed by atoms with Crippen LogP contribution in [0.4, 0.5) is 18.9 Å². The smallest absolute Gasteiger partial charge is 0.229 e. The summed E-state index contributed by atoms with van der Waals surface area (Å²) in [6.45, 7) is 0. The lowest BCUT2D eigenvalue weighted by Gasteiger charge is -2.13. The fraction of sp³-hybridized carbons (Fsp3) is 0.0769. The first-order valence-electron chi connectivity index (χ1n) is 5.50. The Morgan fingerprint density at radius 3 is 2.15 bits per heavy atom. The normalized spacial score (nSPS) is 11.4. The Morgan fingerprint density at radius 1 is 1.00 bits per heavy atom. The highest BCUT2D eigenvalue weighted by atomic mass is 32.2. The Balaban J connectivity index is 2.73. The minimum atomic E-state index is -3.84. The molecule has 0 amide bonds. The molecule has 0 saturated heterocycles. The standard InChI is InChI=1S/C13H10F3NO2S/c1-20(18,19)17-13-9(8-5-3-2-4-6-8)7-10(14)11(15)12(13)16/h2-7,17H,1H3. The minimum Gasteiger partial charge on any atom is -0.280 e. The molecule has 0 aromatic heterocycles.